The molecule has 2 nitrogen and oxygen atoms in total. The minimum absolute atomic E-state index is 0.298. The monoisotopic (exact) mass is 358 g/mol. The van der Waals surface area contributed by atoms with Crippen molar-refractivity contribution in [2.24, 2.45) is 5.92 Å². The molecule has 0 saturated carbocycles. The van der Waals surface area contributed by atoms with Crippen LogP contribution in [0.3, 0.4) is 0 Å². The van der Waals surface area contributed by atoms with E-state index in [1.54, 1.807) is 0 Å². The maximum absolute atomic E-state index is 6.79. The molecule has 2 atom stereocenters. The third kappa shape index (κ3) is 1.86. The normalized spacial score (nSPS) is 23.8. The topological polar surface area (TPSA) is 17.8 Å². The molecule has 6 rings (SSSR count). The Hall–Kier alpha value is -2.32. The van der Waals surface area contributed by atoms with Crippen molar-refractivity contribution < 1.29 is 0 Å². The molecule has 0 spiro atoms. The standard InChI is InChI=1S/C23H19ClN2/c24-17-8-5-11-20-22(17)16-13-12-14-6-1-2-7-15(14)21(16)23-25-18-9-3-4-10-19(18)26(20)23/h1-4,6-10,16,21H,5,11-13H2/t16?,21-/m0/s1. The number of benzene rings is 2. The lowest BCUT2D eigenvalue weighted by Gasteiger charge is -2.41. The fourth-order valence-corrected chi connectivity index (χ4v) is 5.63. The summed E-state index contributed by atoms with van der Waals surface area (Å²) in [5.41, 5.74) is 7.94. The Morgan fingerprint density at radius 2 is 1.85 bits per heavy atom. The average molecular weight is 359 g/mol. The van der Waals surface area contributed by atoms with Crippen molar-refractivity contribution in [3.63, 3.8) is 0 Å². The lowest BCUT2D eigenvalue weighted by atomic mass is 9.68. The molecular weight excluding hydrogens is 340 g/mol. The van der Waals surface area contributed by atoms with Gasteiger partial charge in [0, 0.05) is 22.6 Å². The minimum Gasteiger partial charge on any atom is -0.299 e. The largest absolute Gasteiger partial charge is 0.299 e. The zero-order valence-electron chi connectivity index (χ0n) is 14.5. The summed E-state index contributed by atoms with van der Waals surface area (Å²) in [7, 11) is 0. The van der Waals surface area contributed by atoms with Gasteiger partial charge in [0.1, 0.15) is 5.82 Å². The molecule has 0 saturated heterocycles. The van der Waals surface area contributed by atoms with Gasteiger partial charge in [-0.1, -0.05) is 54.1 Å². The second kappa shape index (κ2) is 5.34. The van der Waals surface area contributed by atoms with Gasteiger partial charge in [0.05, 0.1) is 11.0 Å². The molecule has 3 aliphatic rings. The van der Waals surface area contributed by atoms with E-state index in [0.29, 0.717) is 11.8 Å². The molecule has 2 heterocycles. The van der Waals surface area contributed by atoms with Gasteiger partial charge in [-0.2, -0.15) is 0 Å². The Balaban J connectivity index is 1.72. The smallest absolute Gasteiger partial charge is 0.122 e. The second-order valence-corrected chi connectivity index (χ2v) is 7.97. The van der Waals surface area contributed by atoms with Crippen molar-refractivity contribution in [3.05, 3.63) is 82.2 Å². The van der Waals surface area contributed by atoms with Crippen molar-refractivity contribution in [2.45, 2.75) is 31.6 Å². The minimum atomic E-state index is 0.298. The number of fused-ring (bicyclic) bond motifs is 9. The molecule has 0 radical (unpaired) electrons. The van der Waals surface area contributed by atoms with Crippen LogP contribution in [0.25, 0.3) is 16.7 Å². The van der Waals surface area contributed by atoms with E-state index in [1.807, 2.05) is 0 Å². The average Bonchev–Trinajstić information content (AvgIpc) is 3.07. The van der Waals surface area contributed by atoms with Crippen molar-refractivity contribution in [1.29, 1.82) is 0 Å². The summed E-state index contributed by atoms with van der Waals surface area (Å²) in [5, 5.41) is 0.962. The number of aryl methyl sites for hydroxylation is 1. The highest BCUT2D eigenvalue weighted by Crippen LogP contribution is 2.53. The lowest BCUT2D eigenvalue weighted by molar-refractivity contribution is 0.441. The van der Waals surface area contributed by atoms with Gasteiger partial charge >= 0.3 is 0 Å². The highest BCUT2D eigenvalue weighted by molar-refractivity contribution is 6.32. The van der Waals surface area contributed by atoms with Gasteiger partial charge in [-0.15, -0.1) is 0 Å². The van der Waals surface area contributed by atoms with Gasteiger partial charge in [0.2, 0.25) is 0 Å². The summed E-state index contributed by atoms with van der Waals surface area (Å²) in [5.74, 6) is 1.94. The van der Waals surface area contributed by atoms with Crippen molar-refractivity contribution in [3.8, 4) is 0 Å². The van der Waals surface area contributed by atoms with Crippen LogP contribution in [0.4, 0.5) is 0 Å². The van der Waals surface area contributed by atoms with Gasteiger partial charge in [-0.25, -0.2) is 4.98 Å². The molecule has 128 valence electrons. The first-order valence-corrected chi connectivity index (χ1v) is 9.85. The number of halogens is 1. The molecule has 3 aromatic rings. The zero-order valence-corrected chi connectivity index (χ0v) is 15.2. The summed E-state index contributed by atoms with van der Waals surface area (Å²) in [6.45, 7) is 0. The summed E-state index contributed by atoms with van der Waals surface area (Å²) >= 11 is 6.79. The molecule has 26 heavy (non-hydrogen) atoms. The number of nitrogens with zero attached hydrogens (tertiary/aromatic N) is 2. The number of para-hydroxylation sites is 2. The van der Waals surface area contributed by atoms with E-state index in [-0.39, 0.29) is 0 Å². The zero-order chi connectivity index (χ0) is 17.3. The molecule has 0 bridgehead atoms. The number of hydrogen-bond acceptors (Lipinski definition) is 1. The van der Waals surface area contributed by atoms with Gasteiger partial charge in [0.25, 0.3) is 0 Å². The number of hydrogen-bond donors (Lipinski definition) is 0. The van der Waals surface area contributed by atoms with Gasteiger partial charge in [-0.3, -0.25) is 4.57 Å². The van der Waals surface area contributed by atoms with Crippen molar-refractivity contribution in [1.82, 2.24) is 9.55 Å². The van der Waals surface area contributed by atoms with E-state index >= 15 is 0 Å². The molecular formula is C23H19ClN2. The third-order valence-corrected chi connectivity index (χ3v) is 6.65. The SMILES string of the molecule is ClC1=CCCC2=C1C1CCc3ccccc3[C@@H]1c1nc3ccccc3n12. The van der Waals surface area contributed by atoms with E-state index in [1.165, 1.54) is 33.7 Å². The van der Waals surface area contributed by atoms with Gasteiger partial charge in [-0.05, 0) is 54.5 Å². The first-order valence-electron chi connectivity index (χ1n) is 9.47. The molecule has 1 aromatic heterocycles. The Labute approximate surface area is 157 Å². The molecule has 1 unspecified atom stereocenters. The van der Waals surface area contributed by atoms with E-state index in [4.69, 9.17) is 16.6 Å². The molecule has 1 aliphatic heterocycles. The Bertz CT molecular complexity index is 1120. The van der Waals surface area contributed by atoms with E-state index in [9.17, 15) is 0 Å². The van der Waals surface area contributed by atoms with Crippen LogP contribution in [0.15, 0.2) is 65.2 Å². The van der Waals surface area contributed by atoms with Crippen LogP contribution < -0.4 is 0 Å². The second-order valence-electron chi connectivity index (χ2n) is 7.57. The van der Waals surface area contributed by atoms with Crippen LogP contribution in [0, 0.1) is 5.92 Å². The summed E-state index contributed by atoms with van der Waals surface area (Å²) in [6.07, 6.45) is 6.54. The first kappa shape index (κ1) is 14.8. The highest BCUT2D eigenvalue weighted by Gasteiger charge is 2.42. The molecule has 0 N–H and O–H groups in total. The number of rotatable bonds is 0. The molecule has 0 amide bonds. The number of imidazole rings is 1. The van der Waals surface area contributed by atoms with Crippen LogP contribution in [-0.2, 0) is 6.42 Å². The highest BCUT2D eigenvalue weighted by atomic mass is 35.5. The Kier molecular flexibility index (Phi) is 3.04. The Morgan fingerprint density at radius 1 is 1.00 bits per heavy atom. The van der Waals surface area contributed by atoms with Crippen LogP contribution >= 0.6 is 11.6 Å². The van der Waals surface area contributed by atoms with Gasteiger partial charge < -0.3 is 0 Å². The summed E-state index contributed by atoms with van der Waals surface area (Å²) in [6, 6.07) is 17.4. The van der Waals surface area contributed by atoms with E-state index in [2.05, 4.69) is 59.2 Å². The van der Waals surface area contributed by atoms with Gasteiger partial charge in [0.15, 0.2) is 0 Å². The molecule has 0 fully saturated rings. The van der Waals surface area contributed by atoms with Crippen LogP contribution in [0.2, 0.25) is 0 Å². The van der Waals surface area contributed by atoms with Crippen LogP contribution in [-0.4, -0.2) is 9.55 Å². The maximum atomic E-state index is 6.79. The van der Waals surface area contributed by atoms with E-state index in [0.717, 1.165) is 36.2 Å². The predicted octanol–water partition coefficient (Wildman–Crippen LogP) is 5.87. The Morgan fingerprint density at radius 3 is 2.81 bits per heavy atom. The molecule has 2 aromatic carbocycles. The quantitative estimate of drug-likeness (QED) is 0.491. The maximum Gasteiger partial charge on any atom is 0.122 e. The van der Waals surface area contributed by atoms with Crippen molar-refractivity contribution in [2.75, 3.05) is 0 Å². The molecule has 3 heteroatoms. The molecule has 2 aliphatic carbocycles. The van der Waals surface area contributed by atoms with Crippen molar-refractivity contribution >= 4 is 28.3 Å². The van der Waals surface area contributed by atoms with Crippen LogP contribution in [0.5, 0.6) is 0 Å². The first-order chi connectivity index (χ1) is 12.8. The van der Waals surface area contributed by atoms with E-state index < -0.39 is 0 Å². The summed E-state index contributed by atoms with van der Waals surface area (Å²) < 4.78 is 2.42. The summed E-state index contributed by atoms with van der Waals surface area (Å²) in [4.78, 5) is 5.12. The number of aromatic nitrogens is 2. The number of allylic oxidation sites excluding steroid dienone is 4. The third-order valence-electron chi connectivity index (χ3n) is 6.30. The fraction of sp³-hybridized carbons (Fsp3) is 0.261. The van der Waals surface area contributed by atoms with Crippen LogP contribution in [0.1, 0.15) is 42.1 Å². The lowest BCUT2D eigenvalue weighted by Crippen LogP contribution is -2.32. The fourth-order valence-electron chi connectivity index (χ4n) is 5.27. The predicted molar refractivity (Wildman–Crippen MR) is 106 cm³/mol.